The van der Waals surface area contributed by atoms with Crippen LogP contribution in [0.4, 0.5) is 5.69 Å². The molecule has 40 heavy (non-hydrogen) atoms. The molecular weight excluding hydrogens is 522 g/mol. The fourth-order valence-electron chi connectivity index (χ4n) is 6.41. The third-order valence-electron chi connectivity index (χ3n) is 8.16. The zero-order valence-electron chi connectivity index (χ0n) is 23.1. The van der Waals surface area contributed by atoms with E-state index in [1.807, 2.05) is 0 Å². The minimum Gasteiger partial charge on any atom is -0.508 e. The van der Waals surface area contributed by atoms with Gasteiger partial charge in [-0.1, -0.05) is 0 Å². The van der Waals surface area contributed by atoms with Crippen LogP contribution in [0.15, 0.2) is 23.0 Å². The van der Waals surface area contributed by atoms with Crippen molar-refractivity contribution in [1.29, 1.82) is 0 Å². The van der Waals surface area contributed by atoms with Crippen molar-refractivity contribution in [3.8, 4) is 5.75 Å². The van der Waals surface area contributed by atoms with E-state index >= 15 is 0 Å². The number of esters is 1. The second-order valence-electron chi connectivity index (χ2n) is 10.9. The number of phenolic OH excluding ortho intramolecular Hbond substituents is 1. The molecule has 0 radical (unpaired) electrons. The Balaban J connectivity index is 1.92. The van der Waals surface area contributed by atoms with Crippen LogP contribution in [0.2, 0.25) is 0 Å². The smallest absolute Gasteiger partial charge is 0.306 e. The number of aromatic hydroxyl groups is 1. The van der Waals surface area contributed by atoms with Gasteiger partial charge in [0.15, 0.2) is 11.4 Å². The summed E-state index contributed by atoms with van der Waals surface area (Å²) in [5.74, 6) is -7.48. The molecule has 0 saturated heterocycles. The number of ether oxygens (including phenoxy) is 1. The molecule has 1 unspecified atom stereocenters. The van der Waals surface area contributed by atoms with Crippen LogP contribution in [0.3, 0.4) is 0 Å². The molecule has 1 amide bonds. The van der Waals surface area contributed by atoms with Crippen molar-refractivity contribution in [1.82, 2.24) is 4.90 Å². The quantitative estimate of drug-likeness (QED) is 0.232. The number of aliphatic hydroxyl groups is 3. The number of primary amides is 1. The molecule has 4 atom stereocenters. The number of likely N-dealkylation sites (N-methyl/N-ethyl adjacent to an activating group) is 1. The molecule has 0 heterocycles. The van der Waals surface area contributed by atoms with Crippen LogP contribution in [0, 0.1) is 11.8 Å². The molecule has 6 N–H and O–H groups in total. The highest BCUT2D eigenvalue weighted by Crippen LogP contribution is 2.54. The number of phenols is 1. The summed E-state index contributed by atoms with van der Waals surface area (Å²) in [6, 6.07) is 0.567. The maximum atomic E-state index is 14.0. The van der Waals surface area contributed by atoms with E-state index < -0.39 is 64.0 Å². The van der Waals surface area contributed by atoms with E-state index in [4.69, 9.17) is 10.5 Å². The molecule has 3 aliphatic carbocycles. The molecule has 0 bridgehead atoms. The average molecular weight is 558 g/mol. The lowest BCUT2D eigenvalue weighted by atomic mass is 9.57. The first-order valence-corrected chi connectivity index (χ1v) is 13.0. The number of hydrogen-bond donors (Lipinski definition) is 5. The summed E-state index contributed by atoms with van der Waals surface area (Å²) >= 11 is 0. The molecule has 4 rings (SSSR count). The van der Waals surface area contributed by atoms with Gasteiger partial charge in [0.1, 0.15) is 22.8 Å². The number of aryl methyl sites for hydroxylation is 1. The summed E-state index contributed by atoms with van der Waals surface area (Å²) in [5, 5.41) is 45.4. The first kappa shape index (κ1) is 29.1. The highest BCUT2D eigenvalue weighted by atomic mass is 16.5. The Kier molecular flexibility index (Phi) is 7.46. The summed E-state index contributed by atoms with van der Waals surface area (Å²) in [4.78, 5) is 54.5. The van der Waals surface area contributed by atoms with Crippen LogP contribution >= 0.6 is 0 Å². The van der Waals surface area contributed by atoms with Gasteiger partial charge in [-0.05, 0) is 63.4 Å². The van der Waals surface area contributed by atoms with Gasteiger partial charge in [0.2, 0.25) is 5.78 Å². The normalized spacial score (nSPS) is 25.9. The number of Topliss-reactive ketones (excluding diaryl/α,β-unsaturated/α-hetero) is 2. The molecule has 1 saturated carbocycles. The number of hydrogen-bond acceptors (Lipinski definition) is 11. The Hall–Kier alpha value is -3.90. The number of nitrogens with zero attached hydrogens (tertiary/aromatic N) is 2. The number of carbonyl (C=O) groups is 4. The number of carbonyl (C=O) groups excluding carboxylic acids is 4. The van der Waals surface area contributed by atoms with E-state index in [0.29, 0.717) is 16.8 Å². The molecule has 3 aliphatic rings. The Morgan fingerprint density at radius 1 is 1.15 bits per heavy atom. The van der Waals surface area contributed by atoms with Crippen molar-refractivity contribution in [3.63, 3.8) is 0 Å². The van der Waals surface area contributed by atoms with Gasteiger partial charge in [0.25, 0.3) is 5.91 Å². The largest absolute Gasteiger partial charge is 0.508 e. The van der Waals surface area contributed by atoms with Crippen molar-refractivity contribution in [2.75, 3.05) is 39.7 Å². The third-order valence-corrected chi connectivity index (χ3v) is 8.16. The van der Waals surface area contributed by atoms with Gasteiger partial charge >= 0.3 is 5.97 Å². The number of rotatable bonds is 7. The summed E-state index contributed by atoms with van der Waals surface area (Å²) < 4.78 is 4.98. The topological polar surface area (TPSA) is 191 Å². The van der Waals surface area contributed by atoms with Crippen LogP contribution < -0.4 is 10.6 Å². The van der Waals surface area contributed by atoms with Crippen LogP contribution in [-0.4, -0.2) is 95.2 Å². The number of nitrogens with two attached hydrogens (primary N) is 1. The van der Waals surface area contributed by atoms with E-state index in [1.54, 1.807) is 46.1 Å². The fraction of sp³-hybridized carbons (Fsp3) is 0.500. The average Bonchev–Trinajstić information content (AvgIpc) is 2.85. The second kappa shape index (κ2) is 10.3. The van der Waals surface area contributed by atoms with Crippen LogP contribution in [0.1, 0.15) is 36.5 Å². The number of fused-ring (bicyclic) bond motifs is 3. The molecule has 216 valence electrons. The highest BCUT2D eigenvalue weighted by Gasteiger charge is 2.64. The van der Waals surface area contributed by atoms with E-state index in [0.717, 1.165) is 0 Å². The van der Waals surface area contributed by atoms with E-state index in [-0.39, 0.29) is 49.2 Å². The summed E-state index contributed by atoms with van der Waals surface area (Å²) in [5.41, 5.74) is 3.09. The van der Waals surface area contributed by atoms with Crippen LogP contribution in [0.5, 0.6) is 5.75 Å². The van der Waals surface area contributed by atoms with Crippen molar-refractivity contribution < 1.29 is 44.3 Å². The Morgan fingerprint density at radius 3 is 2.35 bits per heavy atom. The number of aliphatic hydroxyl groups excluding tert-OH is 2. The number of ketones is 2. The van der Waals surface area contributed by atoms with Crippen molar-refractivity contribution in [3.05, 3.63) is 39.7 Å². The van der Waals surface area contributed by atoms with Crippen LogP contribution in [-0.2, 0) is 36.8 Å². The van der Waals surface area contributed by atoms with Gasteiger partial charge in [-0.3, -0.25) is 24.1 Å². The van der Waals surface area contributed by atoms with Crippen molar-refractivity contribution >= 4 is 34.9 Å². The van der Waals surface area contributed by atoms with Gasteiger partial charge < -0.3 is 35.8 Å². The minimum atomic E-state index is -2.70. The predicted molar refractivity (Wildman–Crippen MR) is 144 cm³/mol. The van der Waals surface area contributed by atoms with E-state index in [9.17, 15) is 39.6 Å². The summed E-state index contributed by atoms with van der Waals surface area (Å²) in [7, 11) is 6.65. The van der Waals surface area contributed by atoms with Gasteiger partial charge in [-0.2, -0.15) is 0 Å². The maximum absolute atomic E-state index is 14.0. The zero-order valence-corrected chi connectivity index (χ0v) is 23.1. The SMILES string of the molecule is CCOC(=O)CCc1cc(N(C)C)c2c(c1O)C(O)=C1C(=O)[C@]3(O)C(O)=C(C(N)=O)C(=O)C(N(C)C)[C@@H]3C[C@@H]1C2. The number of anilines is 1. The van der Waals surface area contributed by atoms with E-state index in [2.05, 4.69) is 0 Å². The number of amides is 1. The monoisotopic (exact) mass is 557 g/mol. The summed E-state index contributed by atoms with van der Waals surface area (Å²) in [6.45, 7) is 1.89. The third kappa shape index (κ3) is 4.22. The molecule has 1 fully saturated rings. The molecule has 1 aromatic carbocycles. The molecule has 12 heteroatoms. The van der Waals surface area contributed by atoms with Gasteiger partial charge in [-0.15, -0.1) is 0 Å². The second-order valence-corrected chi connectivity index (χ2v) is 10.9. The van der Waals surface area contributed by atoms with Crippen molar-refractivity contribution in [2.45, 2.75) is 44.2 Å². The predicted octanol–water partition coefficient (Wildman–Crippen LogP) is 0.526. The zero-order chi connectivity index (χ0) is 29.8. The van der Waals surface area contributed by atoms with Gasteiger partial charge in [0.05, 0.1) is 18.2 Å². The highest BCUT2D eigenvalue weighted by molar-refractivity contribution is 6.24. The van der Waals surface area contributed by atoms with Crippen LogP contribution in [0.25, 0.3) is 5.76 Å². The standard InChI is InChI=1S/C28H35N3O9/c1-6-40-17(32)8-7-12-11-16(30(2)3)14-9-13-10-15-21(31(4)5)24(35)20(27(29)38)26(37)28(15,39)25(36)18(13)23(34)19(14)22(12)33/h11,13,15,21,33-34,37,39H,6-10H2,1-5H3,(H2,29,38)/t13-,15-,21?,28-/m0/s1. The lowest BCUT2D eigenvalue weighted by Crippen LogP contribution is -2.65. The lowest BCUT2D eigenvalue weighted by molar-refractivity contribution is -0.153. The maximum Gasteiger partial charge on any atom is 0.306 e. The van der Waals surface area contributed by atoms with Gasteiger partial charge in [0, 0.05) is 37.7 Å². The first-order chi connectivity index (χ1) is 18.7. The summed E-state index contributed by atoms with van der Waals surface area (Å²) in [6.07, 6.45) is 0.253. The Labute approximate surface area is 231 Å². The minimum absolute atomic E-state index is 0.00397. The molecule has 12 nitrogen and oxygen atoms in total. The molecular formula is C28H35N3O9. The Bertz CT molecular complexity index is 1380. The molecule has 0 aromatic heterocycles. The van der Waals surface area contributed by atoms with Crippen molar-refractivity contribution in [2.24, 2.45) is 17.6 Å². The Morgan fingerprint density at radius 2 is 1.80 bits per heavy atom. The fourth-order valence-corrected chi connectivity index (χ4v) is 6.41. The molecule has 1 aromatic rings. The first-order valence-electron chi connectivity index (χ1n) is 13.0. The molecule has 0 aliphatic heterocycles. The number of benzene rings is 1. The lowest BCUT2D eigenvalue weighted by Gasteiger charge is -2.50. The van der Waals surface area contributed by atoms with E-state index in [1.165, 1.54) is 4.90 Å². The molecule has 0 spiro atoms. The van der Waals surface area contributed by atoms with Gasteiger partial charge in [-0.25, -0.2) is 0 Å².